The van der Waals surface area contributed by atoms with Crippen LogP contribution in [-0.4, -0.2) is 0 Å². The van der Waals surface area contributed by atoms with Gasteiger partial charge < -0.3 is 4.90 Å². The van der Waals surface area contributed by atoms with Crippen LogP contribution in [0, 0.1) is 11.8 Å². The van der Waals surface area contributed by atoms with Gasteiger partial charge in [-0.05, 0) is 101 Å². The molecular weight excluding hydrogens is 563 g/mol. The Morgan fingerprint density at radius 1 is 0.556 bits per heavy atom. The largest absolute Gasteiger partial charge is 0.310 e. The van der Waals surface area contributed by atoms with Crippen LogP contribution in [0.4, 0.5) is 17.1 Å². The molecule has 2 heteroatoms. The molecule has 1 aromatic heterocycles. The third-order valence-corrected chi connectivity index (χ3v) is 12.3. The van der Waals surface area contributed by atoms with Crippen molar-refractivity contribution in [1.82, 2.24) is 0 Å². The van der Waals surface area contributed by atoms with Gasteiger partial charge in [-0.1, -0.05) is 103 Å². The first-order valence-electron chi connectivity index (χ1n) is 16.4. The smallest absolute Gasteiger partial charge is 0.0540 e. The highest BCUT2D eigenvalue weighted by atomic mass is 32.1. The first kappa shape index (κ1) is 25.6. The van der Waals surface area contributed by atoms with E-state index in [9.17, 15) is 0 Å². The highest BCUT2D eigenvalue weighted by Gasteiger charge is 2.56. The minimum atomic E-state index is 0.142. The van der Waals surface area contributed by atoms with E-state index in [2.05, 4.69) is 144 Å². The molecule has 0 saturated heterocycles. The number of hydrogen-bond acceptors (Lipinski definition) is 2. The summed E-state index contributed by atoms with van der Waals surface area (Å²) in [5.41, 5.74) is 12.3. The number of thiophene rings is 1. The molecule has 6 aromatic carbocycles. The standard InChI is InChI=1S/C43H33NS/c1-2-10-29(11-3-1)33-12-5-8-16-40(33)44(31-21-23-42-37(25-31)36-14-6-9-17-41(36)45-42)32-20-22-35-34-13-4-7-15-38(34)43(39(35)26-32)27-28-18-19-30(43)24-28/h1-17,20-23,25-26,28,30H,18-19,24,27H2. The van der Waals surface area contributed by atoms with E-state index in [0.717, 1.165) is 11.8 Å². The van der Waals surface area contributed by atoms with Gasteiger partial charge in [0, 0.05) is 42.5 Å². The predicted octanol–water partition coefficient (Wildman–Crippen LogP) is 12.3. The Morgan fingerprint density at radius 2 is 1.27 bits per heavy atom. The topological polar surface area (TPSA) is 3.24 Å². The van der Waals surface area contributed by atoms with Crippen LogP contribution in [-0.2, 0) is 5.41 Å². The van der Waals surface area contributed by atoms with Crippen molar-refractivity contribution in [1.29, 1.82) is 0 Å². The molecule has 1 spiro atoms. The van der Waals surface area contributed by atoms with Gasteiger partial charge in [0.25, 0.3) is 0 Å². The molecular formula is C43H33NS. The van der Waals surface area contributed by atoms with Crippen molar-refractivity contribution in [3.63, 3.8) is 0 Å². The van der Waals surface area contributed by atoms with Crippen LogP contribution >= 0.6 is 11.3 Å². The predicted molar refractivity (Wildman–Crippen MR) is 191 cm³/mol. The number of para-hydroxylation sites is 1. The Balaban J connectivity index is 1.23. The molecule has 0 radical (unpaired) electrons. The van der Waals surface area contributed by atoms with E-state index in [1.54, 1.807) is 11.1 Å². The van der Waals surface area contributed by atoms with Crippen molar-refractivity contribution >= 4 is 48.6 Å². The maximum absolute atomic E-state index is 2.58. The number of fused-ring (bicyclic) bond motifs is 11. The first-order valence-corrected chi connectivity index (χ1v) is 17.2. The van der Waals surface area contributed by atoms with Crippen molar-refractivity contribution < 1.29 is 0 Å². The van der Waals surface area contributed by atoms with Crippen molar-refractivity contribution in [3.05, 3.63) is 151 Å². The van der Waals surface area contributed by atoms with Gasteiger partial charge in [0.05, 0.1) is 5.69 Å². The average molecular weight is 596 g/mol. The normalized spacial score (nSPS) is 21.1. The Labute approximate surface area is 268 Å². The van der Waals surface area contributed by atoms with Crippen molar-refractivity contribution in [2.24, 2.45) is 11.8 Å². The number of rotatable bonds is 4. The summed E-state index contributed by atoms with van der Waals surface area (Å²) in [6, 6.07) is 52.4. The van der Waals surface area contributed by atoms with Gasteiger partial charge in [0.15, 0.2) is 0 Å². The third kappa shape index (κ3) is 3.66. The lowest BCUT2D eigenvalue weighted by atomic mass is 9.67. The zero-order valence-electron chi connectivity index (χ0n) is 25.1. The summed E-state index contributed by atoms with van der Waals surface area (Å²) in [5, 5.41) is 2.66. The Morgan fingerprint density at radius 3 is 2.13 bits per heavy atom. The van der Waals surface area contributed by atoms with E-state index in [4.69, 9.17) is 0 Å². The molecule has 0 amide bonds. The Kier molecular flexibility index (Phi) is 5.51. The van der Waals surface area contributed by atoms with E-state index >= 15 is 0 Å². The van der Waals surface area contributed by atoms with Gasteiger partial charge in [-0.25, -0.2) is 0 Å². The van der Waals surface area contributed by atoms with Crippen molar-refractivity contribution in [2.45, 2.75) is 31.1 Å². The minimum Gasteiger partial charge on any atom is -0.310 e. The quantitative estimate of drug-likeness (QED) is 0.196. The van der Waals surface area contributed by atoms with E-state index in [1.165, 1.54) is 85.2 Å². The molecule has 1 nitrogen and oxygen atoms in total. The van der Waals surface area contributed by atoms with Gasteiger partial charge >= 0.3 is 0 Å². The Hall–Kier alpha value is -4.66. The summed E-state index contributed by atoms with van der Waals surface area (Å²) >= 11 is 1.88. The lowest BCUT2D eigenvalue weighted by Gasteiger charge is -2.37. The molecule has 3 atom stereocenters. The van der Waals surface area contributed by atoms with E-state index in [0.29, 0.717) is 0 Å². The SMILES string of the molecule is c1ccc(-c2ccccc2N(c2ccc3c(c2)C2(CC4CCC2C4)c2ccccc2-3)c2ccc3sc4ccccc4c3c2)cc1. The molecule has 0 N–H and O–H groups in total. The molecule has 2 fully saturated rings. The van der Waals surface area contributed by atoms with Gasteiger partial charge in [0.1, 0.15) is 0 Å². The fourth-order valence-electron chi connectivity index (χ4n) is 9.33. The number of anilines is 3. The second-order valence-electron chi connectivity index (χ2n) is 13.3. The fraction of sp³-hybridized carbons (Fsp3) is 0.163. The monoisotopic (exact) mass is 595 g/mol. The molecule has 1 heterocycles. The number of nitrogens with zero attached hydrogens (tertiary/aromatic N) is 1. The molecule has 3 aliphatic carbocycles. The maximum atomic E-state index is 2.58. The molecule has 2 bridgehead atoms. The highest BCUT2D eigenvalue weighted by molar-refractivity contribution is 7.25. The van der Waals surface area contributed by atoms with Crippen LogP contribution < -0.4 is 4.90 Å². The molecule has 7 aromatic rings. The average Bonchev–Trinajstić information content (AvgIpc) is 3.87. The molecule has 216 valence electrons. The number of benzene rings is 6. The molecule has 10 rings (SSSR count). The van der Waals surface area contributed by atoms with Crippen LogP contribution in [0.25, 0.3) is 42.4 Å². The lowest BCUT2D eigenvalue weighted by Crippen LogP contribution is -2.32. The zero-order chi connectivity index (χ0) is 29.5. The highest BCUT2D eigenvalue weighted by Crippen LogP contribution is 2.66. The van der Waals surface area contributed by atoms with Crippen LogP contribution in [0.5, 0.6) is 0 Å². The molecule has 2 saturated carbocycles. The van der Waals surface area contributed by atoms with Crippen LogP contribution in [0.3, 0.4) is 0 Å². The van der Waals surface area contributed by atoms with Gasteiger partial charge in [-0.15, -0.1) is 11.3 Å². The molecule has 3 aliphatic rings. The molecule has 45 heavy (non-hydrogen) atoms. The van der Waals surface area contributed by atoms with Crippen LogP contribution in [0.2, 0.25) is 0 Å². The van der Waals surface area contributed by atoms with Gasteiger partial charge in [0.2, 0.25) is 0 Å². The lowest BCUT2D eigenvalue weighted by molar-refractivity contribution is 0.327. The summed E-state index contributed by atoms with van der Waals surface area (Å²) in [6.07, 6.45) is 5.42. The van der Waals surface area contributed by atoms with E-state index in [-0.39, 0.29) is 5.41 Å². The minimum absolute atomic E-state index is 0.142. The van der Waals surface area contributed by atoms with Crippen molar-refractivity contribution in [2.75, 3.05) is 4.90 Å². The Bertz CT molecular complexity index is 2260. The van der Waals surface area contributed by atoms with Crippen LogP contribution in [0.1, 0.15) is 36.8 Å². The number of hydrogen-bond donors (Lipinski definition) is 0. The van der Waals surface area contributed by atoms with E-state index in [1.807, 2.05) is 11.3 Å². The second kappa shape index (κ2) is 9.67. The zero-order valence-corrected chi connectivity index (χ0v) is 25.9. The van der Waals surface area contributed by atoms with Gasteiger partial charge in [-0.3, -0.25) is 0 Å². The van der Waals surface area contributed by atoms with Crippen LogP contribution in [0.15, 0.2) is 140 Å². The molecule has 0 aliphatic heterocycles. The van der Waals surface area contributed by atoms with E-state index < -0.39 is 0 Å². The third-order valence-electron chi connectivity index (χ3n) is 11.1. The maximum Gasteiger partial charge on any atom is 0.0540 e. The summed E-state index contributed by atoms with van der Waals surface area (Å²) < 4.78 is 2.68. The fourth-order valence-corrected chi connectivity index (χ4v) is 10.4. The summed E-state index contributed by atoms with van der Waals surface area (Å²) in [6.45, 7) is 0. The first-order chi connectivity index (χ1) is 22.3. The summed E-state index contributed by atoms with van der Waals surface area (Å²) in [7, 11) is 0. The summed E-state index contributed by atoms with van der Waals surface area (Å²) in [5.74, 6) is 1.58. The van der Waals surface area contributed by atoms with Gasteiger partial charge in [-0.2, -0.15) is 0 Å². The summed E-state index contributed by atoms with van der Waals surface area (Å²) in [4.78, 5) is 2.53. The molecule has 3 unspecified atom stereocenters. The second-order valence-corrected chi connectivity index (χ2v) is 14.4. The van der Waals surface area contributed by atoms with Crippen molar-refractivity contribution in [3.8, 4) is 22.3 Å².